The lowest BCUT2D eigenvalue weighted by Gasteiger charge is -2.27. The van der Waals surface area contributed by atoms with Gasteiger partial charge in [0, 0.05) is 6.04 Å². The fraction of sp³-hybridized carbons (Fsp3) is 0.889. The largest absolute Gasteiger partial charge is 0.469 e. The SMILES string of the molecule is COC(=O)[C@@H](C)[C@H]1CCCCN1. The molecule has 0 spiro atoms. The molecule has 0 aliphatic carbocycles. The van der Waals surface area contributed by atoms with Crippen LogP contribution in [0.5, 0.6) is 0 Å². The average molecular weight is 171 g/mol. The van der Waals surface area contributed by atoms with Crippen LogP contribution in [0.2, 0.25) is 0 Å². The standard InChI is InChI=1S/C9H17NO2/c1-7(9(11)12-2)8-5-3-4-6-10-8/h7-8,10H,3-6H2,1-2H3/t7-,8+/m0/s1. The van der Waals surface area contributed by atoms with Gasteiger partial charge < -0.3 is 10.1 Å². The lowest BCUT2D eigenvalue weighted by atomic mass is 9.94. The Morgan fingerprint density at radius 2 is 2.33 bits per heavy atom. The Hall–Kier alpha value is -0.570. The van der Waals surface area contributed by atoms with Gasteiger partial charge in [-0.25, -0.2) is 0 Å². The quantitative estimate of drug-likeness (QED) is 0.628. The van der Waals surface area contributed by atoms with Gasteiger partial charge >= 0.3 is 5.97 Å². The summed E-state index contributed by atoms with van der Waals surface area (Å²) in [6.07, 6.45) is 3.54. The van der Waals surface area contributed by atoms with Gasteiger partial charge in [0.2, 0.25) is 0 Å². The van der Waals surface area contributed by atoms with Crippen molar-refractivity contribution in [2.24, 2.45) is 5.92 Å². The van der Waals surface area contributed by atoms with Crippen molar-refractivity contribution in [2.45, 2.75) is 32.2 Å². The number of hydrogen-bond acceptors (Lipinski definition) is 3. The van der Waals surface area contributed by atoms with Crippen LogP contribution in [0.3, 0.4) is 0 Å². The number of carbonyl (C=O) groups is 1. The molecule has 0 bridgehead atoms. The third-order valence-corrected chi connectivity index (χ3v) is 2.52. The number of hydrogen-bond donors (Lipinski definition) is 1. The number of carbonyl (C=O) groups excluding carboxylic acids is 1. The van der Waals surface area contributed by atoms with E-state index in [1.165, 1.54) is 20.0 Å². The van der Waals surface area contributed by atoms with Crippen molar-refractivity contribution >= 4 is 5.97 Å². The fourth-order valence-electron chi connectivity index (χ4n) is 1.66. The smallest absolute Gasteiger partial charge is 0.309 e. The molecular weight excluding hydrogens is 154 g/mol. The Bertz CT molecular complexity index is 153. The highest BCUT2D eigenvalue weighted by atomic mass is 16.5. The summed E-state index contributed by atoms with van der Waals surface area (Å²) in [5.41, 5.74) is 0. The van der Waals surface area contributed by atoms with Gasteiger partial charge in [-0.1, -0.05) is 13.3 Å². The summed E-state index contributed by atoms with van der Waals surface area (Å²) < 4.78 is 4.69. The van der Waals surface area contributed by atoms with Crippen molar-refractivity contribution in [2.75, 3.05) is 13.7 Å². The van der Waals surface area contributed by atoms with E-state index in [0.717, 1.165) is 13.0 Å². The predicted molar refractivity (Wildman–Crippen MR) is 46.8 cm³/mol. The van der Waals surface area contributed by atoms with E-state index >= 15 is 0 Å². The summed E-state index contributed by atoms with van der Waals surface area (Å²) in [6, 6.07) is 0.325. The number of esters is 1. The number of nitrogens with one attached hydrogen (secondary N) is 1. The first-order chi connectivity index (χ1) is 5.75. The molecule has 0 unspecified atom stereocenters. The minimum Gasteiger partial charge on any atom is -0.469 e. The topological polar surface area (TPSA) is 38.3 Å². The molecule has 2 atom stereocenters. The molecule has 0 aromatic rings. The summed E-state index contributed by atoms with van der Waals surface area (Å²) >= 11 is 0. The Kier molecular flexibility index (Phi) is 3.53. The van der Waals surface area contributed by atoms with Crippen molar-refractivity contribution in [1.29, 1.82) is 0 Å². The lowest BCUT2D eigenvalue weighted by Crippen LogP contribution is -2.42. The highest BCUT2D eigenvalue weighted by Crippen LogP contribution is 2.15. The molecule has 1 rings (SSSR count). The summed E-state index contributed by atoms with van der Waals surface area (Å²) in [7, 11) is 1.45. The molecule has 1 aliphatic heterocycles. The van der Waals surface area contributed by atoms with Gasteiger partial charge in [0.15, 0.2) is 0 Å². The van der Waals surface area contributed by atoms with E-state index in [9.17, 15) is 4.79 Å². The zero-order valence-corrected chi connectivity index (χ0v) is 7.80. The number of ether oxygens (including phenoxy) is 1. The molecule has 3 heteroatoms. The molecule has 0 aromatic heterocycles. The van der Waals surface area contributed by atoms with E-state index in [1.54, 1.807) is 0 Å². The maximum atomic E-state index is 11.1. The predicted octanol–water partition coefficient (Wildman–Crippen LogP) is 0.938. The molecule has 0 saturated carbocycles. The molecule has 3 nitrogen and oxygen atoms in total. The first-order valence-electron chi connectivity index (χ1n) is 4.57. The molecule has 1 N–H and O–H groups in total. The summed E-state index contributed by atoms with van der Waals surface area (Å²) in [5, 5.41) is 3.33. The van der Waals surface area contributed by atoms with Gasteiger partial charge in [-0.05, 0) is 19.4 Å². The summed E-state index contributed by atoms with van der Waals surface area (Å²) in [4.78, 5) is 11.1. The van der Waals surface area contributed by atoms with Crippen LogP contribution >= 0.6 is 0 Å². The van der Waals surface area contributed by atoms with Crippen LogP contribution in [-0.2, 0) is 9.53 Å². The number of methoxy groups -OCH3 is 1. The van der Waals surface area contributed by atoms with E-state index < -0.39 is 0 Å². The second-order valence-electron chi connectivity index (χ2n) is 3.37. The maximum Gasteiger partial charge on any atom is 0.309 e. The molecule has 1 saturated heterocycles. The van der Waals surface area contributed by atoms with Crippen LogP contribution in [0, 0.1) is 5.92 Å². The van der Waals surface area contributed by atoms with Gasteiger partial charge in [-0.2, -0.15) is 0 Å². The van der Waals surface area contributed by atoms with E-state index in [2.05, 4.69) is 10.1 Å². The third-order valence-electron chi connectivity index (χ3n) is 2.52. The second kappa shape index (κ2) is 4.45. The van der Waals surface area contributed by atoms with Gasteiger partial charge in [-0.15, -0.1) is 0 Å². The van der Waals surface area contributed by atoms with E-state index in [4.69, 9.17) is 0 Å². The van der Waals surface area contributed by atoms with Crippen molar-refractivity contribution in [1.82, 2.24) is 5.32 Å². The Balaban J connectivity index is 2.39. The van der Waals surface area contributed by atoms with Gasteiger partial charge in [-0.3, -0.25) is 4.79 Å². The lowest BCUT2D eigenvalue weighted by molar-refractivity contribution is -0.146. The fourth-order valence-corrected chi connectivity index (χ4v) is 1.66. The summed E-state index contributed by atoms with van der Waals surface area (Å²) in [5.74, 6) is -0.107. The maximum absolute atomic E-state index is 11.1. The number of rotatable bonds is 2. The second-order valence-corrected chi connectivity index (χ2v) is 3.37. The highest BCUT2D eigenvalue weighted by molar-refractivity contribution is 5.72. The van der Waals surface area contributed by atoms with Crippen molar-refractivity contribution in [3.8, 4) is 0 Å². The number of piperidine rings is 1. The van der Waals surface area contributed by atoms with Crippen LogP contribution in [-0.4, -0.2) is 25.7 Å². The van der Waals surface area contributed by atoms with Crippen molar-refractivity contribution in [3.05, 3.63) is 0 Å². The zero-order valence-electron chi connectivity index (χ0n) is 7.80. The molecule has 1 heterocycles. The van der Waals surface area contributed by atoms with Gasteiger partial charge in [0.25, 0.3) is 0 Å². The van der Waals surface area contributed by atoms with Crippen LogP contribution < -0.4 is 5.32 Å². The van der Waals surface area contributed by atoms with Crippen LogP contribution in [0.1, 0.15) is 26.2 Å². The molecule has 1 fully saturated rings. The molecule has 0 amide bonds. The van der Waals surface area contributed by atoms with Crippen LogP contribution in [0.25, 0.3) is 0 Å². The molecule has 70 valence electrons. The molecule has 0 radical (unpaired) electrons. The zero-order chi connectivity index (χ0) is 8.97. The average Bonchev–Trinajstić information content (AvgIpc) is 2.17. The molecule has 1 aliphatic rings. The Morgan fingerprint density at radius 3 is 2.83 bits per heavy atom. The molecule has 12 heavy (non-hydrogen) atoms. The van der Waals surface area contributed by atoms with Gasteiger partial charge in [0.05, 0.1) is 13.0 Å². The first kappa shape index (κ1) is 9.52. The van der Waals surface area contributed by atoms with E-state index in [0.29, 0.717) is 6.04 Å². The van der Waals surface area contributed by atoms with E-state index in [-0.39, 0.29) is 11.9 Å². The van der Waals surface area contributed by atoms with Crippen molar-refractivity contribution in [3.63, 3.8) is 0 Å². The Morgan fingerprint density at radius 1 is 1.58 bits per heavy atom. The molecular formula is C9H17NO2. The van der Waals surface area contributed by atoms with Gasteiger partial charge in [0.1, 0.15) is 0 Å². The summed E-state index contributed by atoms with van der Waals surface area (Å²) in [6.45, 7) is 2.96. The highest BCUT2D eigenvalue weighted by Gasteiger charge is 2.25. The van der Waals surface area contributed by atoms with E-state index in [1.807, 2.05) is 6.92 Å². The first-order valence-corrected chi connectivity index (χ1v) is 4.57. The van der Waals surface area contributed by atoms with Crippen molar-refractivity contribution < 1.29 is 9.53 Å². The molecule has 0 aromatic carbocycles. The normalized spacial score (nSPS) is 26.3. The Labute approximate surface area is 73.5 Å². The third kappa shape index (κ3) is 2.21. The monoisotopic (exact) mass is 171 g/mol. The minimum atomic E-state index is -0.102. The van der Waals surface area contributed by atoms with Crippen LogP contribution in [0.4, 0.5) is 0 Å². The van der Waals surface area contributed by atoms with Crippen LogP contribution in [0.15, 0.2) is 0 Å². The minimum absolute atomic E-state index is 0.00435.